The van der Waals surface area contributed by atoms with Crippen molar-refractivity contribution in [3.05, 3.63) is 28.3 Å². The molecule has 0 aromatic heterocycles. The van der Waals surface area contributed by atoms with Gasteiger partial charge in [0.2, 0.25) is 10.0 Å². The highest BCUT2D eigenvalue weighted by Gasteiger charge is 2.29. The first-order chi connectivity index (χ1) is 8.85. The second-order valence-corrected chi connectivity index (χ2v) is 7.43. The maximum Gasteiger partial charge on any atom is 0.243 e. The molecule has 19 heavy (non-hydrogen) atoms. The number of benzene rings is 1. The number of sulfonamides is 1. The number of hydrogen-bond donors (Lipinski definition) is 0. The summed E-state index contributed by atoms with van der Waals surface area (Å²) in [5.41, 5.74) is 3.90. The summed E-state index contributed by atoms with van der Waals surface area (Å²) in [7, 11) is -3.34. The highest BCUT2D eigenvalue weighted by atomic mass is 32.2. The molecular formula is C15H23NO2S. The fraction of sp³-hybridized carbons (Fsp3) is 0.600. The van der Waals surface area contributed by atoms with E-state index in [1.807, 2.05) is 27.7 Å². The van der Waals surface area contributed by atoms with Gasteiger partial charge < -0.3 is 0 Å². The molecule has 2 rings (SSSR count). The average molecular weight is 281 g/mol. The monoisotopic (exact) mass is 281 g/mol. The average Bonchev–Trinajstić information content (AvgIpc) is 2.37. The summed E-state index contributed by atoms with van der Waals surface area (Å²) in [6, 6.07) is 2.07. The van der Waals surface area contributed by atoms with Crippen LogP contribution in [0.5, 0.6) is 0 Å². The number of hydrogen-bond acceptors (Lipinski definition) is 2. The smallest absolute Gasteiger partial charge is 0.207 e. The number of aryl methyl sites for hydroxylation is 2. The molecule has 0 N–H and O–H groups in total. The summed E-state index contributed by atoms with van der Waals surface area (Å²) < 4.78 is 27.4. The van der Waals surface area contributed by atoms with E-state index >= 15 is 0 Å². The maximum atomic E-state index is 12.9. The molecule has 3 nitrogen and oxygen atoms in total. The van der Waals surface area contributed by atoms with Crippen molar-refractivity contribution >= 4 is 10.0 Å². The third-order valence-electron chi connectivity index (χ3n) is 4.21. The lowest BCUT2D eigenvalue weighted by atomic mass is 10.0. The van der Waals surface area contributed by atoms with Gasteiger partial charge in [0.1, 0.15) is 0 Å². The number of piperidine rings is 1. The molecule has 0 saturated carbocycles. The molecule has 0 unspecified atom stereocenters. The molecule has 106 valence electrons. The molecule has 4 heteroatoms. The lowest BCUT2D eigenvalue weighted by molar-refractivity contribution is 0.346. The van der Waals surface area contributed by atoms with Gasteiger partial charge in [-0.3, -0.25) is 0 Å². The summed E-state index contributed by atoms with van der Waals surface area (Å²) in [6.45, 7) is 9.12. The van der Waals surface area contributed by atoms with E-state index in [1.165, 1.54) is 0 Å². The zero-order valence-electron chi connectivity index (χ0n) is 12.3. The SMILES string of the molecule is Cc1cc(C)c(C)c(S(=O)(=O)N2CCCCC2)c1C. The van der Waals surface area contributed by atoms with Crippen LogP contribution in [0.2, 0.25) is 0 Å². The quantitative estimate of drug-likeness (QED) is 0.835. The minimum Gasteiger partial charge on any atom is -0.207 e. The van der Waals surface area contributed by atoms with Crippen LogP contribution in [0.15, 0.2) is 11.0 Å². The highest BCUT2D eigenvalue weighted by Crippen LogP contribution is 2.30. The zero-order chi connectivity index (χ0) is 14.2. The predicted octanol–water partition coefficient (Wildman–Crippen LogP) is 3.09. The molecule has 1 aliphatic heterocycles. The first-order valence-electron chi connectivity index (χ1n) is 6.93. The first-order valence-corrected chi connectivity index (χ1v) is 8.37. The Labute approximate surface area is 116 Å². The zero-order valence-corrected chi connectivity index (χ0v) is 13.1. The Bertz CT molecular complexity index is 558. The lowest BCUT2D eigenvalue weighted by Crippen LogP contribution is -2.36. The van der Waals surface area contributed by atoms with Crippen LogP contribution in [0.3, 0.4) is 0 Å². The number of rotatable bonds is 2. The summed E-state index contributed by atoms with van der Waals surface area (Å²) in [6.07, 6.45) is 3.08. The van der Waals surface area contributed by atoms with E-state index in [0.29, 0.717) is 18.0 Å². The van der Waals surface area contributed by atoms with Gasteiger partial charge in [-0.05, 0) is 62.8 Å². The molecular weight excluding hydrogens is 258 g/mol. The summed E-state index contributed by atoms with van der Waals surface area (Å²) in [5, 5.41) is 0. The second-order valence-electron chi connectivity index (χ2n) is 5.55. The Hall–Kier alpha value is -0.870. The van der Waals surface area contributed by atoms with E-state index in [0.717, 1.165) is 41.5 Å². The molecule has 1 aromatic carbocycles. The summed E-state index contributed by atoms with van der Waals surface area (Å²) in [5.74, 6) is 0. The molecule has 1 aromatic rings. The largest absolute Gasteiger partial charge is 0.243 e. The van der Waals surface area contributed by atoms with Crippen LogP contribution in [-0.2, 0) is 10.0 Å². The van der Waals surface area contributed by atoms with Gasteiger partial charge >= 0.3 is 0 Å². The Morgan fingerprint density at radius 2 is 1.37 bits per heavy atom. The molecule has 0 aliphatic carbocycles. The second kappa shape index (κ2) is 5.25. The minimum absolute atomic E-state index is 0.534. The van der Waals surface area contributed by atoms with Gasteiger partial charge in [0, 0.05) is 13.1 Å². The molecule has 1 fully saturated rings. The van der Waals surface area contributed by atoms with Crippen molar-refractivity contribution in [1.29, 1.82) is 0 Å². The van der Waals surface area contributed by atoms with E-state index in [-0.39, 0.29) is 0 Å². The molecule has 0 bridgehead atoms. The van der Waals surface area contributed by atoms with Crippen molar-refractivity contribution in [1.82, 2.24) is 4.31 Å². The van der Waals surface area contributed by atoms with E-state index < -0.39 is 10.0 Å². The minimum atomic E-state index is -3.34. The van der Waals surface area contributed by atoms with Gasteiger partial charge in [0.15, 0.2) is 0 Å². The molecule has 0 spiro atoms. The third-order valence-corrected chi connectivity index (χ3v) is 6.38. The predicted molar refractivity (Wildman–Crippen MR) is 78.0 cm³/mol. The van der Waals surface area contributed by atoms with Gasteiger partial charge in [0.05, 0.1) is 4.90 Å². The molecule has 1 aliphatic rings. The van der Waals surface area contributed by atoms with Gasteiger partial charge in [-0.25, -0.2) is 8.42 Å². The van der Waals surface area contributed by atoms with Crippen molar-refractivity contribution in [3.8, 4) is 0 Å². The van der Waals surface area contributed by atoms with Crippen molar-refractivity contribution in [2.24, 2.45) is 0 Å². The van der Waals surface area contributed by atoms with Crippen molar-refractivity contribution in [2.75, 3.05) is 13.1 Å². The van der Waals surface area contributed by atoms with Crippen LogP contribution in [0.25, 0.3) is 0 Å². The fourth-order valence-corrected chi connectivity index (χ4v) is 4.89. The lowest BCUT2D eigenvalue weighted by Gasteiger charge is -2.28. The van der Waals surface area contributed by atoms with E-state index in [4.69, 9.17) is 0 Å². The molecule has 0 atom stereocenters. The standard InChI is InChI=1S/C15H23NO2S/c1-11-10-12(2)14(4)15(13(11)3)19(17,18)16-8-6-5-7-9-16/h10H,5-9H2,1-4H3. The van der Waals surface area contributed by atoms with Crippen LogP contribution < -0.4 is 0 Å². The summed E-state index contributed by atoms with van der Waals surface area (Å²) >= 11 is 0. The first kappa shape index (κ1) is 14.5. The van der Waals surface area contributed by atoms with Gasteiger partial charge in [-0.15, -0.1) is 0 Å². The van der Waals surface area contributed by atoms with Crippen LogP contribution in [-0.4, -0.2) is 25.8 Å². The van der Waals surface area contributed by atoms with Gasteiger partial charge in [0.25, 0.3) is 0 Å². The van der Waals surface area contributed by atoms with Crippen LogP contribution in [0.1, 0.15) is 41.5 Å². The molecule has 1 heterocycles. The Balaban J connectivity index is 2.57. The van der Waals surface area contributed by atoms with Crippen LogP contribution in [0, 0.1) is 27.7 Å². The summed E-state index contributed by atoms with van der Waals surface area (Å²) in [4.78, 5) is 0.534. The molecule has 1 saturated heterocycles. The molecule has 0 radical (unpaired) electrons. The van der Waals surface area contributed by atoms with Gasteiger partial charge in [-0.1, -0.05) is 12.5 Å². The van der Waals surface area contributed by atoms with Crippen LogP contribution in [0.4, 0.5) is 0 Å². The Morgan fingerprint density at radius 1 is 0.895 bits per heavy atom. The Kier molecular flexibility index (Phi) is 4.02. The van der Waals surface area contributed by atoms with E-state index in [9.17, 15) is 8.42 Å². The molecule has 0 amide bonds. The highest BCUT2D eigenvalue weighted by molar-refractivity contribution is 7.89. The maximum absolute atomic E-state index is 12.9. The topological polar surface area (TPSA) is 37.4 Å². The van der Waals surface area contributed by atoms with Gasteiger partial charge in [-0.2, -0.15) is 4.31 Å². The Morgan fingerprint density at radius 3 is 1.84 bits per heavy atom. The van der Waals surface area contributed by atoms with E-state index in [2.05, 4.69) is 6.07 Å². The van der Waals surface area contributed by atoms with Crippen molar-refractivity contribution in [2.45, 2.75) is 51.9 Å². The van der Waals surface area contributed by atoms with Crippen LogP contribution >= 0.6 is 0 Å². The van der Waals surface area contributed by atoms with Crippen molar-refractivity contribution < 1.29 is 8.42 Å². The van der Waals surface area contributed by atoms with Crippen molar-refractivity contribution in [3.63, 3.8) is 0 Å². The normalized spacial score (nSPS) is 17.7. The third kappa shape index (κ3) is 2.56. The van der Waals surface area contributed by atoms with E-state index in [1.54, 1.807) is 4.31 Å². The fourth-order valence-electron chi connectivity index (χ4n) is 2.80. The number of nitrogens with zero attached hydrogens (tertiary/aromatic N) is 1.